The molecule has 0 heterocycles. The monoisotopic (exact) mass is 443 g/mol. The van der Waals surface area contributed by atoms with E-state index in [1.54, 1.807) is 24.3 Å². The van der Waals surface area contributed by atoms with E-state index in [1.165, 1.54) is 19.3 Å². The predicted octanol–water partition coefficient (Wildman–Crippen LogP) is 4.54. The first-order chi connectivity index (χ1) is 15.0. The highest BCUT2D eigenvalue weighted by Gasteiger charge is 2.28. The van der Waals surface area contributed by atoms with Gasteiger partial charge in [-0.25, -0.2) is 0 Å². The zero-order valence-electron chi connectivity index (χ0n) is 17.7. The van der Waals surface area contributed by atoms with Gasteiger partial charge in [0, 0.05) is 29.2 Å². The maximum atomic E-state index is 12.5. The summed E-state index contributed by atoms with van der Waals surface area (Å²) < 4.78 is 0. The molecule has 0 radical (unpaired) electrons. The Kier molecular flexibility index (Phi) is 6.96. The summed E-state index contributed by atoms with van der Waals surface area (Å²) in [5.74, 6) is 0.447. The predicted molar refractivity (Wildman–Crippen MR) is 126 cm³/mol. The van der Waals surface area contributed by atoms with Gasteiger partial charge in [-0.2, -0.15) is 0 Å². The Balaban J connectivity index is 1.24. The van der Waals surface area contributed by atoms with Crippen molar-refractivity contribution >= 4 is 34.6 Å². The van der Waals surface area contributed by atoms with Crippen LogP contribution in [-0.4, -0.2) is 18.5 Å². The molecule has 166 valence electrons. The molecule has 0 saturated heterocycles. The van der Waals surface area contributed by atoms with Crippen molar-refractivity contribution in [1.82, 2.24) is 0 Å². The van der Waals surface area contributed by atoms with Crippen molar-refractivity contribution < 1.29 is 4.79 Å². The number of amides is 1. The van der Waals surface area contributed by atoms with Crippen molar-refractivity contribution in [3.63, 3.8) is 0 Å². The van der Waals surface area contributed by atoms with Gasteiger partial charge in [0.1, 0.15) is 11.4 Å². The van der Waals surface area contributed by atoms with Crippen molar-refractivity contribution in [2.75, 3.05) is 22.5 Å². The molecule has 2 saturated carbocycles. The molecule has 0 spiro atoms. The number of halogens is 1. The van der Waals surface area contributed by atoms with Gasteiger partial charge < -0.3 is 16.0 Å². The van der Waals surface area contributed by atoms with Gasteiger partial charge in [-0.3, -0.25) is 14.4 Å². The van der Waals surface area contributed by atoms with Gasteiger partial charge in [0.15, 0.2) is 0 Å². The minimum atomic E-state index is -0.408. The van der Waals surface area contributed by atoms with Crippen LogP contribution in [0.2, 0.25) is 5.02 Å². The van der Waals surface area contributed by atoms with Gasteiger partial charge in [-0.15, -0.1) is 0 Å². The first-order valence-electron chi connectivity index (χ1n) is 11.4. The first kappa shape index (κ1) is 21.9. The van der Waals surface area contributed by atoms with Crippen molar-refractivity contribution in [3.8, 4) is 0 Å². The van der Waals surface area contributed by atoms with E-state index in [9.17, 15) is 14.4 Å². The standard InChI is InChI=1S/C24H30ClN3O3/c25-17-10-12-19(13-11-17)28-24(31)16-8-6-15(7-9-16)14-26-20-21(23(30)22(20)29)27-18-4-2-1-3-5-18/h10-13,15-16,18,26-27H,1-9,14H2,(H,28,31). The molecule has 1 amide bonds. The Morgan fingerprint density at radius 1 is 0.871 bits per heavy atom. The zero-order chi connectivity index (χ0) is 21.8. The lowest BCUT2D eigenvalue weighted by Crippen LogP contribution is -2.41. The van der Waals surface area contributed by atoms with Crippen molar-refractivity contribution in [2.24, 2.45) is 11.8 Å². The SMILES string of the molecule is O=C(Nc1ccc(Cl)cc1)C1CCC(CNc2c(NC3CCCCC3)c(=O)c2=O)CC1. The third-order valence-corrected chi connectivity index (χ3v) is 7.01. The van der Waals surface area contributed by atoms with Crippen LogP contribution in [0, 0.1) is 11.8 Å². The molecular formula is C24H30ClN3O3. The number of anilines is 3. The Labute approximate surface area is 187 Å². The van der Waals surface area contributed by atoms with E-state index in [0.29, 0.717) is 34.9 Å². The Bertz CT molecular complexity index is 967. The fourth-order valence-electron chi connectivity index (χ4n) is 4.80. The fraction of sp³-hybridized carbons (Fsp3) is 0.542. The lowest BCUT2D eigenvalue weighted by Gasteiger charge is -2.29. The topological polar surface area (TPSA) is 87.3 Å². The molecule has 0 atom stereocenters. The van der Waals surface area contributed by atoms with Crippen molar-refractivity contribution in [2.45, 2.75) is 63.8 Å². The summed E-state index contributed by atoms with van der Waals surface area (Å²) >= 11 is 5.89. The molecule has 0 unspecified atom stereocenters. The van der Waals surface area contributed by atoms with Crippen LogP contribution in [0.5, 0.6) is 0 Å². The average molecular weight is 444 g/mol. The number of nitrogens with one attached hydrogen (secondary N) is 3. The van der Waals surface area contributed by atoms with Crippen LogP contribution >= 0.6 is 11.6 Å². The molecule has 2 aromatic carbocycles. The smallest absolute Gasteiger partial charge is 0.253 e. The van der Waals surface area contributed by atoms with Gasteiger partial charge in [0.05, 0.1) is 0 Å². The largest absolute Gasteiger partial charge is 0.380 e. The number of hydrogen-bond donors (Lipinski definition) is 3. The van der Waals surface area contributed by atoms with Gasteiger partial charge in [-0.05, 0) is 68.7 Å². The number of hydrogen-bond acceptors (Lipinski definition) is 5. The molecule has 0 aromatic heterocycles. The van der Waals surface area contributed by atoms with E-state index < -0.39 is 10.9 Å². The van der Waals surface area contributed by atoms with Crippen LogP contribution in [0.3, 0.4) is 0 Å². The van der Waals surface area contributed by atoms with Crippen LogP contribution in [0.15, 0.2) is 33.9 Å². The second kappa shape index (κ2) is 9.86. The maximum Gasteiger partial charge on any atom is 0.253 e. The molecule has 7 heteroatoms. The molecule has 4 rings (SSSR count). The summed E-state index contributed by atoms with van der Waals surface area (Å²) in [6.45, 7) is 0.662. The number of benzene rings is 1. The molecule has 31 heavy (non-hydrogen) atoms. The van der Waals surface area contributed by atoms with E-state index in [-0.39, 0.29) is 11.8 Å². The van der Waals surface area contributed by atoms with Gasteiger partial charge in [-0.1, -0.05) is 30.9 Å². The van der Waals surface area contributed by atoms with Crippen LogP contribution in [0.4, 0.5) is 17.1 Å². The summed E-state index contributed by atoms with van der Waals surface area (Å²) in [5, 5.41) is 10.1. The fourth-order valence-corrected chi connectivity index (χ4v) is 4.93. The summed E-state index contributed by atoms with van der Waals surface area (Å²) in [6.07, 6.45) is 9.19. The van der Waals surface area contributed by atoms with E-state index in [1.807, 2.05) is 0 Å². The van der Waals surface area contributed by atoms with Gasteiger partial charge >= 0.3 is 0 Å². The lowest BCUT2D eigenvalue weighted by atomic mass is 9.81. The van der Waals surface area contributed by atoms with Crippen LogP contribution in [-0.2, 0) is 4.79 Å². The third-order valence-electron chi connectivity index (χ3n) is 6.76. The van der Waals surface area contributed by atoms with E-state index >= 15 is 0 Å². The normalized spacial score (nSPS) is 22.2. The summed E-state index contributed by atoms with van der Waals surface area (Å²) in [5.41, 5.74) is 0.896. The van der Waals surface area contributed by atoms with Crippen molar-refractivity contribution in [1.29, 1.82) is 0 Å². The second-order valence-electron chi connectivity index (χ2n) is 8.98. The Hall–Kier alpha value is -2.34. The van der Waals surface area contributed by atoms with E-state index in [2.05, 4.69) is 16.0 Å². The molecular weight excluding hydrogens is 414 g/mol. The molecule has 2 fully saturated rings. The summed E-state index contributed by atoms with van der Waals surface area (Å²) in [7, 11) is 0. The molecule has 2 aliphatic carbocycles. The highest BCUT2D eigenvalue weighted by Crippen LogP contribution is 2.31. The lowest BCUT2D eigenvalue weighted by molar-refractivity contribution is -0.121. The molecule has 0 aliphatic heterocycles. The number of carbonyl (C=O) groups is 1. The molecule has 6 nitrogen and oxygen atoms in total. The zero-order valence-corrected chi connectivity index (χ0v) is 18.5. The molecule has 3 N–H and O–H groups in total. The maximum absolute atomic E-state index is 12.5. The number of rotatable bonds is 7. The second-order valence-corrected chi connectivity index (χ2v) is 9.42. The first-order valence-corrected chi connectivity index (χ1v) is 11.8. The minimum Gasteiger partial charge on any atom is -0.380 e. The Morgan fingerprint density at radius 3 is 2.19 bits per heavy atom. The summed E-state index contributed by atoms with van der Waals surface area (Å²) in [4.78, 5) is 36.6. The molecule has 2 aliphatic rings. The highest BCUT2D eigenvalue weighted by molar-refractivity contribution is 6.30. The average Bonchev–Trinajstić information content (AvgIpc) is 2.80. The number of carbonyl (C=O) groups excluding carboxylic acids is 1. The minimum absolute atomic E-state index is 0.00147. The van der Waals surface area contributed by atoms with E-state index in [0.717, 1.165) is 44.2 Å². The summed E-state index contributed by atoms with van der Waals surface area (Å²) in [6, 6.07) is 7.43. The quantitative estimate of drug-likeness (QED) is 0.547. The third kappa shape index (κ3) is 5.29. The Morgan fingerprint density at radius 2 is 1.52 bits per heavy atom. The molecule has 2 aromatic rings. The van der Waals surface area contributed by atoms with Gasteiger partial charge in [0.25, 0.3) is 10.9 Å². The van der Waals surface area contributed by atoms with E-state index in [4.69, 9.17) is 11.6 Å². The molecule has 0 bridgehead atoms. The van der Waals surface area contributed by atoms with Crippen LogP contribution in [0.25, 0.3) is 0 Å². The van der Waals surface area contributed by atoms with Crippen LogP contribution < -0.4 is 26.8 Å². The van der Waals surface area contributed by atoms with Gasteiger partial charge in [0.2, 0.25) is 5.91 Å². The van der Waals surface area contributed by atoms with Crippen molar-refractivity contribution in [3.05, 3.63) is 49.7 Å². The highest BCUT2D eigenvalue weighted by atomic mass is 35.5. The van der Waals surface area contributed by atoms with Crippen LogP contribution in [0.1, 0.15) is 57.8 Å².